The number of quaternary nitrogens is 1. The van der Waals surface area contributed by atoms with Gasteiger partial charge in [0, 0.05) is 32.6 Å². The van der Waals surface area contributed by atoms with Crippen molar-refractivity contribution in [2.75, 3.05) is 65.4 Å². The second kappa shape index (κ2) is 10.5. The van der Waals surface area contributed by atoms with Gasteiger partial charge in [-0.2, -0.15) is 0 Å². The topological polar surface area (TPSA) is 114 Å². The molecule has 8 heteroatoms. The normalized spacial score (nSPS) is 26.0. The summed E-state index contributed by atoms with van der Waals surface area (Å²) < 4.78 is 0.0323. The summed E-state index contributed by atoms with van der Waals surface area (Å²) >= 11 is 0. The van der Waals surface area contributed by atoms with Crippen LogP contribution in [0.2, 0.25) is 0 Å². The highest BCUT2D eigenvalue weighted by Crippen LogP contribution is 2.08. The van der Waals surface area contributed by atoms with E-state index in [-0.39, 0.29) is 17.6 Å². The minimum absolute atomic E-state index is 0.0323. The molecule has 0 aromatic rings. The van der Waals surface area contributed by atoms with Crippen molar-refractivity contribution >= 4 is 11.9 Å². The second-order valence-corrected chi connectivity index (χ2v) is 5.83. The molecule has 0 aliphatic carbocycles. The summed E-state index contributed by atoms with van der Waals surface area (Å²) in [4.78, 5) is 22.2. The smallest absolute Gasteiger partial charge is 0.359 e. The zero-order chi connectivity index (χ0) is 16.3. The van der Waals surface area contributed by atoms with Crippen LogP contribution in [0.3, 0.4) is 0 Å². The first-order valence-corrected chi connectivity index (χ1v) is 7.93. The highest BCUT2D eigenvalue weighted by atomic mass is 16.4. The van der Waals surface area contributed by atoms with E-state index in [1.165, 1.54) is 0 Å². The molecule has 0 aromatic carbocycles. The van der Waals surface area contributed by atoms with Crippen molar-refractivity contribution in [3.8, 4) is 0 Å². The molecule has 1 atom stereocenters. The maximum atomic E-state index is 11.2. The fraction of sp³-hybridized carbons (Fsp3) is 0.857. The largest absolute Gasteiger partial charge is 0.544 e. The molecular formula is C14H28N4O4. The van der Waals surface area contributed by atoms with Gasteiger partial charge in [0.1, 0.15) is 6.54 Å². The summed E-state index contributed by atoms with van der Waals surface area (Å²) in [7, 11) is 0. The first-order chi connectivity index (χ1) is 10.5. The molecule has 1 heterocycles. The van der Waals surface area contributed by atoms with Crippen LogP contribution >= 0.6 is 0 Å². The number of carboxylic acid groups (broad SMARTS) is 2. The van der Waals surface area contributed by atoms with Crippen molar-refractivity contribution < 1.29 is 24.3 Å². The monoisotopic (exact) mass is 316 g/mol. The SMILES string of the molecule is O=C([O-])C[N+]1(CC(=O)O)CCCNCCNCCCNCC1. The Morgan fingerprint density at radius 2 is 1.45 bits per heavy atom. The number of carbonyl (C=O) groups excluding carboxylic acids is 1. The van der Waals surface area contributed by atoms with Gasteiger partial charge >= 0.3 is 5.97 Å². The Bertz CT molecular complexity index is 320. The van der Waals surface area contributed by atoms with Gasteiger partial charge in [-0.3, -0.25) is 0 Å². The van der Waals surface area contributed by atoms with E-state index in [0.717, 1.165) is 45.6 Å². The molecular weight excluding hydrogens is 288 g/mol. The van der Waals surface area contributed by atoms with Crippen molar-refractivity contribution in [1.82, 2.24) is 16.0 Å². The van der Waals surface area contributed by atoms with E-state index in [1.54, 1.807) is 0 Å². The van der Waals surface area contributed by atoms with Crippen molar-refractivity contribution in [3.63, 3.8) is 0 Å². The van der Waals surface area contributed by atoms with E-state index >= 15 is 0 Å². The van der Waals surface area contributed by atoms with E-state index in [1.807, 2.05) is 0 Å². The van der Waals surface area contributed by atoms with Gasteiger partial charge in [-0.15, -0.1) is 0 Å². The zero-order valence-corrected chi connectivity index (χ0v) is 13.1. The van der Waals surface area contributed by atoms with Crippen molar-refractivity contribution in [2.45, 2.75) is 12.8 Å². The van der Waals surface area contributed by atoms with Gasteiger partial charge in [-0.05, 0) is 19.5 Å². The fourth-order valence-corrected chi connectivity index (χ4v) is 2.79. The number of nitrogens with zero attached hydrogens (tertiary/aromatic N) is 1. The van der Waals surface area contributed by atoms with Crippen molar-refractivity contribution in [2.24, 2.45) is 0 Å². The minimum atomic E-state index is -1.19. The third-order valence-corrected chi connectivity index (χ3v) is 3.87. The van der Waals surface area contributed by atoms with Crippen molar-refractivity contribution in [3.05, 3.63) is 0 Å². The van der Waals surface area contributed by atoms with E-state index in [2.05, 4.69) is 16.0 Å². The molecule has 0 saturated carbocycles. The van der Waals surface area contributed by atoms with Gasteiger partial charge in [-0.1, -0.05) is 0 Å². The molecule has 0 aromatic heterocycles. The van der Waals surface area contributed by atoms with Crippen LogP contribution in [0.15, 0.2) is 0 Å². The molecule has 0 radical (unpaired) electrons. The molecule has 0 amide bonds. The first kappa shape index (κ1) is 18.8. The van der Waals surface area contributed by atoms with Crippen LogP contribution in [0.5, 0.6) is 0 Å². The number of carbonyl (C=O) groups is 2. The van der Waals surface area contributed by atoms with Gasteiger partial charge in [0.2, 0.25) is 0 Å². The van der Waals surface area contributed by atoms with Crippen LogP contribution in [0, 0.1) is 0 Å². The Kier molecular flexibility index (Phi) is 8.98. The molecule has 1 fully saturated rings. The zero-order valence-electron chi connectivity index (χ0n) is 13.1. The van der Waals surface area contributed by atoms with Crippen LogP contribution in [0.1, 0.15) is 12.8 Å². The fourth-order valence-electron chi connectivity index (χ4n) is 2.79. The van der Waals surface area contributed by atoms with E-state index < -0.39 is 11.9 Å². The summed E-state index contributed by atoms with van der Waals surface area (Å²) in [6.45, 7) is 5.43. The van der Waals surface area contributed by atoms with Crippen LogP contribution in [-0.2, 0) is 9.59 Å². The average molecular weight is 316 g/mol. The third kappa shape index (κ3) is 8.28. The van der Waals surface area contributed by atoms with E-state index in [4.69, 9.17) is 5.11 Å². The Morgan fingerprint density at radius 3 is 2.05 bits per heavy atom. The number of nitrogens with one attached hydrogen (secondary N) is 3. The molecule has 128 valence electrons. The maximum Gasteiger partial charge on any atom is 0.359 e. The second-order valence-electron chi connectivity index (χ2n) is 5.83. The Labute approximate surface area is 131 Å². The van der Waals surface area contributed by atoms with Crippen LogP contribution in [0.4, 0.5) is 0 Å². The standard InChI is InChI=1S/C14H28N4O4/c19-13(20)11-18(12-14(21)22)9-2-5-16-7-6-15-3-1-4-17-8-10-18/h15-17H,1-12H2,(H-,19,20,21,22). The highest BCUT2D eigenvalue weighted by molar-refractivity contribution is 5.69. The molecule has 0 bridgehead atoms. The Morgan fingerprint density at radius 1 is 0.864 bits per heavy atom. The number of hydrogen-bond acceptors (Lipinski definition) is 6. The Balaban J connectivity index is 2.67. The predicted molar refractivity (Wildman–Crippen MR) is 80.2 cm³/mol. The highest BCUT2D eigenvalue weighted by Gasteiger charge is 2.30. The molecule has 22 heavy (non-hydrogen) atoms. The van der Waals surface area contributed by atoms with Gasteiger partial charge in [-0.25, -0.2) is 4.79 Å². The average Bonchev–Trinajstić information content (AvgIpc) is 2.42. The molecule has 1 unspecified atom stereocenters. The van der Waals surface area contributed by atoms with Crippen molar-refractivity contribution in [1.29, 1.82) is 0 Å². The summed E-state index contributed by atoms with van der Waals surface area (Å²) in [6.07, 6.45) is 1.72. The van der Waals surface area contributed by atoms with Crippen LogP contribution < -0.4 is 21.1 Å². The molecule has 1 saturated heterocycles. The van der Waals surface area contributed by atoms with Crippen LogP contribution in [-0.4, -0.2) is 87.0 Å². The lowest BCUT2D eigenvalue weighted by Gasteiger charge is -2.38. The molecule has 1 aliphatic heterocycles. The van der Waals surface area contributed by atoms with Gasteiger partial charge in [0.05, 0.1) is 19.1 Å². The Hall–Kier alpha value is -1.22. The molecule has 0 spiro atoms. The molecule has 1 rings (SSSR count). The van der Waals surface area contributed by atoms with E-state index in [0.29, 0.717) is 19.6 Å². The third-order valence-electron chi connectivity index (χ3n) is 3.87. The predicted octanol–water partition coefficient (Wildman–Crippen LogP) is -2.80. The number of hydrogen-bond donors (Lipinski definition) is 4. The van der Waals surface area contributed by atoms with E-state index in [9.17, 15) is 14.7 Å². The van der Waals surface area contributed by atoms with Gasteiger partial charge in [0.15, 0.2) is 6.54 Å². The van der Waals surface area contributed by atoms with Gasteiger partial charge < -0.3 is 35.4 Å². The summed E-state index contributed by atoms with van der Waals surface area (Å²) in [5.74, 6) is -2.17. The first-order valence-electron chi connectivity index (χ1n) is 7.93. The quantitative estimate of drug-likeness (QED) is 0.414. The molecule has 4 N–H and O–H groups in total. The lowest BCUT2D eigenvalue weighted by atomic mass is 10.2. The summed E-state index contributed by atoms with van der Waals surface area (Å²) in [6, 6.07) is 0. The lowest BCUT2D eigenvalue weighted by molar-refractivity contribution is -0.915. The maximum absolute atomic E-state index is 11.2. The lowest BCUT2D eigenvalue weighted by Crippen LogP contribution is -2.59. The summed E-state index contributed by atoms with van der Waals surface area (Å²) in [5, 5.41) is 30.1. The minimum Gasteiger partial charge on any atom is -0.544 e. The van der Waals surface area contributed by atoms with Crippen LogP contribution in [0.25, 0.3) is 0 Å². The number of rotatable bonds is 4. The van der Waals surface area contributed by atoms with Gasteiger partial charge in [0.25, 0.3) is 0 Å². The number of aliphatic carboxylic acids is 2. The number of carboxylic acids is 2. The summed E-state index contributed by atoms with van der Waals surface area (Å²) in [5.41, 5.74) is 0. The molecule has 1 aliphatic rings. The molecule has 8 nitrogen and oxygen atoms in total.